The van der Waals surface area contributed by atoms with Crippen LogP contribution in [0.3, 0.4) is 0 Å². The molecule has 1 aliphatic heterocycles. The summed E-state index contributed by atoms with van der Waals surface area (Å²) in [6.07, 6.45) is -0.728. The Kier molecular flexibility index (Phi) is 7.52. The van der Waals surface area contributed by atoms with Gasteiger partial charge in [-0.05, 0) is 43.7 Å². The van der Waals surface area contributed by atoms with E-state index in [2.05, 4.69) is 0 Å². The van der Waals surface area contributed by atoms with Crippen molar-refractivity contribution in [1.82, 2.24) is 4.90 Å². The van der Waals surface area contributed by atoms with Crippen LogP contribution in [-0.4, -0.2) is 54.8 Å². The molecule has 1 unspecified atom stereocenters. The first-order valence-corrected chi connectivity index (χ1v) is 9.27. The second-order valence-electron chi connectivity index (χ2n) is 7.41. The Bertz CT molecular complexity index is 841. The summed E-state index contributed by atoms with van der Waals surface area (Å²) in [5.41, 5.74) is 0.743. The third-order valence-electron chi connectivity index (χ3n) is 5.18. The van der Waals surface area contributed by atoms with E-state index in [1.807, 2.05) is 55.1 Å². The molecule has 0 radical (unpaired) electrons. The van der Waals surface area contributed by atoms with E-state index in [4.69, 9.17) is 14.2 Å². The Labute approximate surface area is 177 Å². The van der Waals surface area contributed by atoms with Gasteiger partial charge in [-0.15, -0.1) is 12.4 Å². The van der Waals surface area contributed by atoms with Gasteiger partial charge < -0.3 is 19.3 Å². The van der Waals surface area contributed by atoms with E-state index in [0.29, 0.717) is 35.9 Å². The van der Waals surface area contributed by atoms with E-state index in [1.165, 1.54) is 0 Å². The zero-order valence-corrected chi connectivity index (χ0v) is 18.0. The molecule has 0 amide bonds. The van der Waals surface area contributed by atoms with Gasteiger partial charge in [0.2, 0.25) is 0 Å². The van der Waals surface area contributed by atoms with Crippen molar-refractivity contribution in [2.45, 2.75) is 32.0 Å². The summed E-state index contributed by atoms with van der Waals surface area (Å²) in [6.45, 7) is 4.75. The molecule has 1 aliphatic rings. The normalized spacial score (nSPS) is 16.4. The van der Waals surface area contributed by atoms with Crippen LogP contribution in [0.15, 0.2) is 42.5 Å². The maximum Gasteiger partial charge on any atom is 0.182 e. The minimum atomic E-state index is -0.750. The van der Waals surface area contributed by atoms with Gasteiger partial charge in [0.15, 0.2) is 17.3 Å². The number of fused-ring (bicyclic) bond motifs is 1. The highest BCUT2D eigenvalue weighted by Gasteiger charge is 2.41. The van der Waals surface area contributed by atoms with Crippen LogP contribution in [0.25, 0.3) is 0 Å². The zero-order valence-electron chi connectivity index (χ0n) is 17.2. The van der Waals surface area contributed by atoms with Gasteiger partial charge in [-0.25, -0.2) is 0 Å². The van der Waals surface area contributed by atoms with Crippen LogP contribution in [0.1, 0.15) is 29.8 Å². The standard InChI is InChI=1S/C22H27NO5.ClH/c1-22(2)21(25)18-11-20(27-4)19(26-3)10-15(18)12-23(22)13-16(24)14-28-17-8-6-5-7-9-17;/h5-11,16,24H,12-14H2,1-4H3;1H. The zero-order chi connectivity index (χ0) is 20.3. The summed E-state index contributed by atoms with van der Waals surface area (Å²) in [5, 5.41) is 10.5. The van der Waals surface area contributed by atoms with Gasteiger partial charge in [0.1, 0.15) is 18.5 Å². The second-order valence-corrected chi connectivity index (χ2v) is 7.41. The number of hydrogen-bond acceptors (Lipinski definition) is 6. The lowest BCUT2D eigenvalue weighted by Gasteiger charge is -2.42. The van der Waals surface area contributed by atoms with Crippen LogP contribution in [0.4, 0.5) is 0 Å². The predicted molar refractivity (Wildman–Crippen MR) is 114 cm³/mol. The fourth-order valence-electron chi connectivity index (χ4n) is 3.45. The number of Topliss-reactive ketones (excluding diaryl/α,β-unsaturated/α-hetero) is 1. The third kappa shape index (κ3) is 4.83. The number of carbonyl (C=O) groups is 1. The molecule has 158 valence electrons. The summed E-state index contributed by atoms with van der Waals surface area (Å²) < 4.78 is 16.3. The van der Waals surface area contributed by atoms with Crippen LogP contribution < -0.4 is 14.2 Å². The van der Waals surface area contributed by atoms with Crippen molar-refractivity contribution in [3.8, 4) is 17.2 Å². The number of ketones is 1. The monoisotopic (exact) mass is 421 g/mol. The maximum absolute atomic E-state index is 13.1. The molecule has 1 atom stereocenters. The summed E-state index contributed by atoms with van der Waals surface area (Å²) in [7, 11) is 3.12. The first kappa shape index (κ1) is 23.0. The van der Waals surface area contributed by atoms with E-state index in [0.717, 1.165) is 5.56 Å². The van der Waals surface area contributed by atoms with Crippen molar-refractivity contribution in [2.24, 2.45) is 0 Å². The highest BCUT2D eigenvalue weighted by atomic mass is 35.5. The Hall–Kier alpha value is -2.28. The molecular formula is C22H28ClNO5. The van der Waals surface area contributed by atoms with Crippen LogP contribution >= 0.6 is 12.4 Å². The van der Waals surface area contributed by atoms with E-state index in [1.54, 1.807) is 20.3 Å². The van der Waals surface area contributed by atoms with E-state index >= 15 is 0 Å². The second kappa shape index (κ2) is 9.48. The average Bonchev–Trinajstić information content (AvgIpc) is 2.70. The SMILES string of the molecule is COc1cc2c(cc1OC)C(=O)C(C)(C)N(CC(O)COc1ccccc1)C2.Cl. The molecule has 0 saturated heterocycles. The molecule has 2 aromatic rings. The Balaban J connectivity index is 0.00000300. The lowest BCUT2D eigenvalue weighted by Crippen LogP contribution is -2.55. The number of hydrogen-bond donors (Lipinski definition) is 1. The molecular weight excluding hydrogens is 394 g/mol. The van der Waals surface area contributed by atoms with E-state index in [9.17, 15) is 9.90 Å². The lowest BCUT2D eigenvalue weighted by molar-refractivity contribution is 0.0182. The molecule has 0 bridgehead atoms. The Morgan fingerprint density at radius 1 is 1.10 bits per heavy atom. The third-order valence-corrected chi connectivity index (χ3v) is 5.18. The number of aliphatic hydroxyl groups is 1. The molecule has 7 heteroatoms. The average molecular weight is 422 g/mol. The summed E-state index contributed by atoms with van der Waals surface area (Å²) in [6, 6.07) is 12.9. The number of carbonyl (C=O) groups excluding carboxylic acids is 1. The fraction of sp³-hybridized carbons (Fsp3) is 0.409. The van der Waals surface area contributed by atoms with Gasteiger partial charge in [-0.2, -0.15) is 0 Å². The number of methoxy groups -OCH3 is 2. The molecule has 0 saturated carbocycles. The van der Waals surface area contributed by atoms with Crippen molar-refractivity contribution in [2.75, 3.05) is 27.4 Å². The molecule has 1 heterocycles. The number of halogens is 1. The van der Waals surface area contributed by atoms with Gasteiger partial charge in [0.25, 0.3) is 0 Å². The topological polar surface area (TPSA) is 68.2 Å². The van der Waals surface area contributed by atoms with Gasteiger partial charge in [0, 0.05) is 18.7 Å². The van der Waals surface area contributed by atoms with Crippen LogP contribution in [0.5, 0.6) is 17.2 Å². The number of benzene rings is 2. The number of β-amino-alcohol motifs (C(OH)–C–C–N with tert-alkyl or cyclic N) is 1. The smallest absolute Gasteiger partial charge is 0.182 e. The number of nitrogens with zero attached hydrogens (tertiary/aromatic N) is 1. The number of ether oxygens (including phenoxy) is 3. The van der Waals surface area contributed by atoms with Gasteiger partial charge in [-0.3, -0.25) is 9.69 Å². The summed E-state index contributed by atoms with van der Waals surface area (Å²) in [5.74, 6) is 1.82. The Morgan fingerprint density at radius 2 is 1.72 bits per heavy atom. The highest BCUT2D eigenvalue weighted by Crippen LogP contribution is 2.37. The number of aliphatic hydroxyl groups excluding tert-OH is 1. The van der Waals surface area contributed by atoms with Crippen molar-refractivity contribution >= 4 is 18.2 Å². The highest BCUT2D eigenvalue weighted by molar-refractivity contribution is 6.05. The number of rotatable bonds is 7. The maximum atomic E-state index is 13.1. The van der Waals surface area contributed by atoms with Crippen molar-refractivity contribution in [3.05, 3.63) is 53.6 Å². The molecule has 1 N–H and O–H groups in total. The quantitative estimate of drug-likeness (QED) is 0.739. The van der Waals surface area contributed by atoms with Gasteiger partial charge >= 0.3 is 0 Å². The van der Waals surface area contributed by atoms with Gasteiger partial charge in [0.05, 0.1) is 19.8 Å². The van der Waals surface area contributed by atoms with Crippen LogP contribution in [-0.2, 0) is 6.54 Å². The Morgan fingerprint density at radius 3 is 2.34 bits per heavy atom. The molecule has 0 aliphatic carbocycles. The lowest BCUT2D eigenvalue weighted by atomic mass is 9.83. The minimum Gasteiger partial charge on any atom is -0.493 e. The van der Waals surface area contributed by atoms with Crippen molar-refractivity contribution in [3.63, 3.8) is 0 Å². The first-order valence-electron chi connectivity index (χ1n) is 9.27. The first-order chi connectivity index (χ1) is 13.4. The molecule has 29 heavy (non-hydrogen) atoms. The van der Waals surface area contributed by atoms with E-state index < -0.39 is 11.6 Å². The van der Waals surface area contributed by atoms with Crippen molar-refractivity contribution in [1.29, 1.82) is 0 Å². The molecule has 0 spiro atoms. The largest absolute Gasteiger partial charge is 0.493 e. The van der Waals surface area contributed by atoms with Gasteiger partial charge in [-0.1, -0.05) is 18.2 Å². The molecule has 2 aromatic carbocycles. The molecule has 0 aromatic heterocycles. The molecule has 3 rings (SSSR count). The van der Waals surface area contributed by atoms with Crippen LogP contribution in [0.2, 0.25) is 0 Å². The van der Waals surface area contributed by atoms with Crippen molar-refractivity contribution < 1.29 is 24.1 Å². The minimum absolute atomic E-state index is 0. The van der Waals surface area contributed by atoms with Crippen LogP contribution in [0, 0.1) is 0 Å². The molecule has 6 nitrogen and oxygen atoms in total. The molecule has 0 fully saturated rings. The fourth-order valence-corrected chi connectivity index (χ4v) is 3.45. The number of para-hydroxylation sites is 1. The summed E-state index contributed by atoms with van der Waals surface area (Å²) in [4.78, 5) is 15.1. The van der Waals surface area contributed by atoms with E-state index in [-0.39, 0.29) is 24.8 Å². The summed E-state index contributed by atoms with van der Waals surface area (Å²) >= 11 is 0. The predicted octanol–water partition coefficient (Wildman–Crippen LogP) is 3.34.